The van der Waals surface area contributed by atoms with Crippen molar-refractivity contribution in [3.63, 3.8) is 0 Å². The van der Waals surface area contributed by atoms with Crippen LogP contribution in [0.3, 0.4) is 0 Å². The fourth-order valence-corrected chi connectivity index (χ4v) is 3.06. The van der Waals surface area contributed by atoms with Crippen molar-refractivity contribution in [2.75, 3.05) is 0 Å². The first kappa shape index (κ1) is 12.5. The standard InChI is InChI=1S/C18H11BrN2/c19-14-5-1-3-13(11-14)15-8-10-21-18-16(15)7-6-12-4-2-9-20-17(12)18/h1-11H. The summed E-state index contributed by atoms with van der Waals surface area (Å²) >= 11 is 3.54. The first-order valence-corrected chi connectivity index (χ1v) is 7.50. The molecule has 4 aromatic rings. The quantitative estimate of drug-likeness (QED) is 0.446. The van der Waals surface area contributed by atoms with E-state index in [2.05, 4.69) is 62.3 Å². The van der Waals surface area contributed by atoms with Gasteiger partial charge in [0.05, 0.1) is 11.0 Å². The van der Waals surface area contributed by atoms with Crippen LogP contribution < -0.4 is 0 Å². The predicted octanol–water partition coefficient (Wildman–Crippen LogP) is 5.21. The number of aromatic nitrogens is 2. The fourth-order valence-electron chi connectivity index (χ4n) is 2.66. The Kier molecular flexibility index (Phi) is 2.93. The minimum absolute atomic E-state index is 0.950. The second-order valence-corrected chi connectivity index (χ2v) is 5.82. The molecular formula is C18H11BrN2. The SMILES string of the molecule is Brc1cccc(-c2ccnc3c2ccc2cccnc23)c1. The van der Waals surface area contributed by atoms with Crippen LogP contribution in [0.25, 0.3) is 32.9 Å². The lowest BCUT2D eigenvalue weighted by Crippen LogP contribution is -1.88. The Labute approximate surface area is 130 Å². The number of hydrogen-bond acceptors (Lipinski definition) is 2. The Balaban J connectivity index is 2.09. The number of halogens is 1. The lowest BCUT2D eigenvalue weighted by atomic mass is 10.00. The van der Waals surface area contributed by atoms with Gasteiger partial charge in [-0.25, -0.2) is 0 Å². The Morgan fingerprint density at radius 1 is 0.762 bits per heavy atom. The van der Waals surface area contributed by atoms with Crippen molar-refractivity contribution in [3.8, 4) is 11.1 Å². The normalized spacial score (nSPS) is 11.1. The van der Waals surface area contributed by atoms with Crippen LogP contribution in [0.5, 0.6) is 0 Å². The van der Waals surface area contributed by atoms with Crippen LogP contribution in [0.2, 0.25) is 0 Å². The summed E-state index contributed by atoms with van der Waals surface area (Å²) in [6.07, 6.45) is 3.67. The second-order valence-electron chi connectivity index (χ2n) is 4.91. The van der Waals surface area contributed by atoms with Crippen LogP contribution in [-0.2, 0) is 0 Å². The molecule has 0 saturated heterocycles. The fraction of sp³-hybridized carbons (Fsp3) is 0. The van der Waals surface area contributed by atoms with Crippen LogP contribution in [0, 0.1) is 0 Å². The molecule has 2 nitrogen and oxygen atoms in total. The van der Waals surface area contributed by atoms with Crippen LogP contribution in [0.4, 0.5) is 0 Å². The monoisotopic (exact) mass is 334 g/mol. The zero-order valence-corrected chi connectivity index (χ0v) is 12.7. The van der Waals surface area contributed by atoms with E-state index >= 15 is 0 Å². The third-order valence-corrected chi connectivity index (χ3v) is 4.11. The van der Waals surface area contributed by atoms with Crippen LogP contribution in [0.15, 0.2) is 71.5 Å². The maximum absolute atomic E-state index is 4.54. The summed E-state index contributed by atoms with van der Waals surface area (Å²) in [5, 5.41) is 2.24. The van der Waals surface area contributed by atoms with E-state index in [0.29, 0.717) is 0 Å². The van der Waals surface area contributed by atoms with E-state index in [4.69, 9.17) is 0 Å². The van der Waals surface area contributed by atoms with Crippen molar-refractivity contribution < 1.29 is 0 Å². The average Bonchev–Trinajstić information content (AvgIpc) is 2.54. The van der Waals surface area contributed by atoms with Crippen molar-refractivity contribution in [1.29, 1.82) is 0 Å². The minimum atomic E-state index is 0.950. The number of hydrogen-bond donors (Lipinski definition) is 0. The van der Waals surface area contributed by atoms with Gasteiger partial charge in [0.2, 0.25) is 0 Å². The van der Waals surface area contributed by atoms with Crippen LogP contribution in [-0.4, -0.2) is 9.97 Å². The molecule has 0 aliphatic rings. The van der Waals surface area contributed by atoms with Gasteiger partial charge in [0.25, 0.3) is 0 Å². The molecule has 0 aliphatic carbocycles. The molecule has 0 saturated carbocycles. The molecule has 0 fully saturated rings. The molecular weight excluding hydrogens is 324 g/mol. The van der Waals surface area contributed by atoms with E-state index in [0.717, 1.165) is 26.3 Å². The number of rotatable bonds is 1. The van der Waals surface area contributed by atoms with Crippen molar-refractivity contribution in [2.24, 2.45) is 0 Å². The molecule has 3 heteroatoms. The van der Waals surface area contributed by atoms with Gasteiger partial charge in [-0.1, -0.05) is 46.3 Å². The molecule has 4 rings (SSSR count). The van der Waals surface area contributed by atoms with Gasteiger partial charge in [-0.3, -0.25) is 9.97 Å². The van der Waals surface area contributed by atoms with E-state index in [9.17, 15) is 0 Å². The molecule has 0 atom stereocenters. The average molecular weight is 335 g/mol. The highest BCUT2D eigenvalue weighted by Gasteiger charge is 2.08. The molecule has 100 valence electrons. The molecule has 0 aliphatic heterocycles. The van der Waals surface area contributed by atoms with Crippen molar-refractivity contribution in [2.45, 2.75) is 0 Å². The summed E-state index contributed by atoms with van der Waals surface area (Å²) in [6.45, 7) is 0. The van der Waals surface area contributed by atoms with Gasteiger partial charge in [-0.15, -0.1) is 0 Å². The van der Waals surface area contributed by atoms with E-state index in [-0.39, 0.29) is 0 Å². The van der Waals surface area contributed by atoms with Crippen molar-refractivity contribution >= 4 is 37.7 Å². The van der Waals surface area contributed by atoms with Crippen LogP contribution >= 0.6 is 15.9 Å². The number of nitrogens with zero attached hydrogens (tertiary/aromatic N) is 2. The van der Waals surface area contributed by atoms with Crippen molar-refractivity contribution in [1.82, 2.24) is 9.97 Å². The van der Waals surface area contributed by atoms with Gasteiger partial charge in [0.15, 0.2) is 0 Å². The van der Waals surface area contributed by atoms with E-state index < -0.39 is 0 Å². The smallest absolute Gasteiger partial charge is 0.0970 e. The lowest BCUT2D eigenvalue weighted by molar-refractivity contribution is 1.37. The molecule has 2 aromatic heterocycles. The zero-order valence-electron chi connectivity index (χ0n) is 11.1. The Bertz CT molecular complexity index is 963. The molecule has 2 aromatic carbocycles. The zero-order chi connectivity index (χ0) is 14.2. The maximum Gasteiger partial charge on any atom is 0.0970 e. The first-order valence-electron chi connectivity index (χ1n) is 6.71. The highest BCUT2D eigenvalue weighted by atomic mass is 79.9. The van der Waals surface area contributed by atoms with Gasteiger partial charge >= 0.3 is 0 Å². The van der Waals surface area contributed by atoms with E-state index in [1.807, 2.05) is 30.6 Å². The topological polar surface area (TPSA) is 25.8 Å². The summed E-state index contributed by atoms with van der Waals surface area (Å²) in [5.41, 5.74) is 4.25. The summed E-state index contributed by atoms with van der Waals surface area (Å²) in [5.74, 6) is 0. The Morgan fingerprint density at radius 3 is 2.57 bits per heavy atom. The number of pyridine rings is 2. The predicted molar refractivity (Wildman–Crippen MR) is 90.2 cm³/mol. The molecule has 0 amide bonds. The lowest BCUT2D eigenvalue weighted by Gasteiger charge is -2.08. The van der Waals surface area contributed by atoms with Crippen molar-refractivity contribution in [3.05, 3.63) is 71.5 Å². The van der Waals surface area contributed by atoms with Gasteiger partial charge in [0.1, 0.15) is 0 Å². The summed E-state index contributed by atoms with van der Waals surface area (Å²) in [7, 11) is 0. The molecule has 21 heavy (non-hydrogen) atoms. The summed E-state index contributed by atoms with van der Waals surface area (Å²) < 4.78 is 1.07. The third kappa shape index (κ3) is 2.10. The molecule has 0 N–H and O–H groups in total. The van der Waals surface area contributed by atoms with Gasteiger partial charge in [-0.05, 0) is 35.4 Å². The van der Waals surface area contributed by atoms with Gasteiger partial charge in [0, 0.05) is 27.6 Å². The summed E-state index contributed by atoms with van der Waals surface area (Å²) in [6, 6.07) is 18.6. The molecule has 0 spiro atoms. The van der Waals surface area contributed by atoms with E-state index in [1.165, 1.54) is 11.1 Å². The molecule has 0 radical (unpaired) electrons. The minimum Gasteiger partial charge on any atom is -0.254 e. The second kappa shape index (κ2) is 4.93. The maximum atomic E-state index is 4.54. The first-order chi connectivity index (χ1) is 10.3. The van der Waals surface area contributed by atoms with Gasteiger partial charge < -0.3 is 0 Å². The van der Waals surface area contributed by atoms with Crippen LogP contribution in [0.1, 0.15) is 0 Å². The highest BCUT2D eigenvalue weighted by Crippen LogP contribution is 2.31. The third-order valence-electron chi connectivity index (χ3n) is 3.62. The van der Waals surface area contributed by atoms with E-state index in [1.54, 1.807) is 0 Å². The molecule has 0 unspecified atom stereocenters. The Morgan fingerprint density at radius 2 is 1.67 bits per heavy atom. The Hall–Kier alpha value is -2.26. The largest absolute Gasteiger partial charge is 0.254 e. The molecule has 2 heterocycles. The molecule has 0 bridgehead atoms. The summed E-state index contributed by atoms with van der Waals surface area (Å²) in [4.78, 5) is 9.03. The number of fused-ring (bicyclic) bond motifs is 3. The van der Waals surface area contributed by atoms with Gasteiger partial charge in [-0.2, -0.15) is 0 Å². The number of benzene rings is 2. The highest BCUT2D eigenvalue weighted by molar-refractivity contribution is 9.10.